The third-order valence-electron chi connectivity index (χ3n) is 5.73. The smallest absolute Gasteiger partial charge is 0.243 e. The Morgan fingerprint density at radius 1 is 1.09 bits per heavy atom. The predicted octanol–water partition coefficient (Wildman–Crippen LogP) is 4.69. The molecule has 0 atom stereocenters. The number of aromatic nitrogens is 1. The molecule has 3 aromatic rings. The van der Waals surface area contributed by atoms with Crippen LogP contribution < -0.4 is 10.1 Å². The maximum atomic E-state index is 13.1. The Morgan fingerprint density at radius 2 is 1.82 bits per heavy atom. The van der Waals surface area contributed by atoms with Gasteiger partial charge in [0.05, 0.1) is 17.0 Å². The largest absolute Gasteiger partial charge is 0.486 e. The van der Waals surface area contributed by atoms with Crippen molar-refractivity contribution < 1.29 is 17.9 Å². The average molecular weight is 500 g/mol. The number of sulfonamides is 1. The average Bonchev–Trinajstić information content (AvgIpc) is 3.27. The van der Waals surface area contributed by atoms with E-state index in [-0.39, 0.29) is 17.2 Å². The lowest BCUT2D eigenvalue weighted by Crippen LogP contribution is -2.36. The lowest BCUT2D eigenvalue weighted by Gasteiger charge is -2.26. The highest BCUT2D eigenvalue weighted by Gasteiger charge is 2.27. The molecule has 1 amide bonds. The van der Waals surface area contributed by atoms with Gasteiger partial charge in [0, 0.05) is 24.2 Å². The SMILES string of the molecule is Cc1ccc(OCc2nc(CC(=O)Nc3ccc(C)c(S(=O)(=O)N4CCCCC4)c3)cs2)cc1. The number of nitrogens with zero attached hydrogens (tertiary/aromatic N) is 2. The maximum absolute atomic E-state index is 13.1. The number of ether oxygens (including phenoxy) is 1. The summed E-state index contributed by atoms with van der Waals surface area (Å²) in [6.07, 6.45) is 2.90. The number of hydrogen-bond donors (Lipinski definition) is 1. The van der Waals surface area contributed by atoms with Crippen LogP contribution in [0.25, 0.3) is 0 Å². The molecule has 1 aromatic heterocycles. The molecule has 180 valence electrons. The summed E-state index contributed by atoms with van der Waals surface area (Å²) in [4.78, 5) is 17.3. The predicted molar refractivity (Wildman–Crippen MR) is 134 cm³/mol. The number of anilines is 1. The number of aryl methyl sites for hydroxylation is 2. The highest BCUT2D eigenvalue weighted by molar-refractivity contribution is 7.89. The summed E-state index contributed by atoms with van der Waals surface area (Å²) < 4.78 is 33.5. The van der Waals surface area contributed by atoms with E-state index in [1.807, 2.05) is 36.6 Å². The molecule has 1 N–H and O–H groups in total. The zero-order valence-electron chi connectivity index (χ0n) is 19.4. The van der Waals surface area contributed by atoms with Crippen LogP contribution in [0.5, 0.6) is 5.75 Å². The summed E-state index contributed by atoms with van der Waals surface area (Å²) in [6, 6.07) is 12.8. The molecule has 0 saturated carbocycles. The molecule has 0 bridgehead atoms. The van der Waals surface area contributed by atoms with Crippen molar-refractivity contribution in [1.82, 2.24) is 9.29 Å². The van der Waals surface area contributed by atoms with Gasteiger partial charge >= 0.3 is 0 Å². The van der Waals surface area contributed by atoms with Crippen LogP contribution in [0.3, 0.4) is 0 Å². The van der Waals surface area contributed by atoms with Crippen LogP contribution in [0, 0.1) is 13.8 Å². The maximum Gasteiger partial charge on any atom is 0.243 e. The number of thiazole rings is 1. The number of piperidine rings is 1. The van der Waals surface area contributed by atoms with Gasteiger partial charge in [0.25, 0.3) is 0 Å². The van der Waals surface area contributed by atoms with Crippen molar-refractivity contribution in [3.63, 3.8) is 0 Å². The first kappa shape index (κ1) is 24.4. The Hall–Kier alpha value is -2.75. The number of carbonyl (C=O) groups excluding carboxylic acids is 1. The van der Waals surface area contributed by atoms with E-state index >= 15 is 0 Å². The molecule has 0 unspecified atom stereocenters. The minimum Gasteiger partial charge on any atom is -0.486 e. The van der Waals surface area contributed by atoms with Crippen molar-refractivity contribution in [1.29, 1.82) is 0 Å². The van der Waals surface area contributed by atoms with Crippen LogP contribution in [0.15, 0.2) is 52.7 Å². The highest BCUT2D eigenvalue weighted by Crippen LogP contribution is 2.26. The molecule has 2 heterocycles. The molecule has 0 spiro atoms. The summed E-state index contributed by atoms with van der Waals surface area (Å²) in [6.45, 7) is 5.21. The number of carbonyl (C=O) groups is 1. The van der Waals surface area contributed by atoms with Gasteiger partial charge in [-0.3, -0.25) is 4.79 Å². The van der Waals surface area contributed by atoms with Crippen LogP contribution in [-0.4, -0.2) is 36.7 Å². The van der Waals surface area contributed by atoms with E-state index in [9.17, 15) is 13.2 Å². The van der Waals surface area contributed by atoms with Gasteiger partial charge in [0.1, 0.15) is 17.4 Å². The van der Waals surface area contributed by atoms with Crippen molar-refractivity contribution in [3.05, 3.63) is 69.7 Å². The van der Waals surface area contributed by atoms with Crippen LogP contribution in [0.4, 0.5) is 5.69 Å². The molecule has 2 aromatic carbocycles. The summed E-state index contributed by atoms with van der Waals surface area (Å²) >= 11 is 1.44. The van der Waals surface area contributed by atoms with Gasteiger partial charge in [-0.05, 0) is 56.5 Å². The fourth-order valence-electron chi connectivity index (χ4n) is 3.85. The molecule has 4 rings (SSSR count). The van der Waals surface area contributed by atoms with E-state index in [1.54, 1.807) is 29.4 Å². The topological polar surface area (TPSA) is 88.6 Å². The Kier molecular flexibility index (Phi) is 7.65. The number of nitrogens with one attached hydrogen (secondary N) is 1. The first-order valence-corrected chi connectivity index (χ1v) is 13.7. The Bertz CT molecular complexity index is 1250. The third-order valence-corrected chi connectivity index (χ3v) is 8.64. The minimum absolute atomic E-state index is 0.100. The van der Waals surface area contributed by atoms with Gasteiger partial charge in [0.15, 0.2) is 0 Å². The van der Waals surface area contributed by atoms with Crippen molar-refractivity contribution in [2.75, 3.05) is 18.4 Å². The summed E-state index contributed by atoms with van der Waals surface area (Å²) in [5, 5.41) is 5.44. The Labute approximate surface area is 204 Å². The van der Waals surface area contributed by atoms with E-state index in [0.29, 0.717) is 36.6 Å². The number of hydrogen-bond acceptors (Lipinski definition) is 6. The standard InChI is InChI=1S/C25H29N3O4S2/c1-18-6-10-22(11-7-18)32-16-25-27-21(17-33-25)15-24(29)26-20-9-8-19(2)23(14-20)34(30,31)28-12-4-3-5-13-28/h6-11,14,17H,3-5,12-13,15-16H2,1-2H3,(H,26,29). The number of rotatable bonds is 8. The summed E-state index contributed by atoms with van der Waals surface area (Å²) in [7, 11) is -3.58. The lowest BCUT2D eigenvalue weighted by molar-refractivity contribution is -0.115. The van der Waals surface area contributed by atoms with Crippen LogP contribution in [0.2, 0.25) is 0 Å². The minimum atomic E-state index is -3.58. The first-order chi connectivity index (χ1) is 16.3. The fourth-order valence-corrected chi connectivity index (χ4v) is 6.32. The molecule has 0 radical (unpaired) electrons. The van der Waals surface area contributed by atoms with E-state index in [0.717, 1.165) is 30.0 Å². The molecule has 1 aliphatic heterocycles. The highest BCUT2D eigenvalue weighted by atomic mass is 32.2. The molecule has 1 fully saturated rings. The summed E-state index contributed by atoms with van der Waals surface area (Å²) in [5.74, 6) is 0.524. The fraction of sp³-hybridized carbons (Fsp3) is 0.360. The van der Waals surface area contributed by atoms with Gasteiger partial charge < -0.3 is 10.1 Å². The molecule has 1 saturated heterocycles. The second-order valence-corrected chi connectivity index (χ2v) is 11.4. The van der Waals surface area contributed by atoms with E-state index < -0.39 is 10.0 Å². The van der Waals surface area contributed by atoms with Gasteiger partial charge in [-0.25, -0.2) is 13.4 Å². The quantitative estimate of drug-likeness (QED) is 0.486. The van der Waals surface area contributed by atoms with Crippen molar-refractivity contribution in [3.8, 4) is 5.75 Å². The van der Waals surface area contributed by atoms with Crippen LogP contribution in [0.1, 0.15) is 41.1 Å². The molecule has 7 nitrogen and oxygen atoms in total. The second-order valence-electron chi connectivity index (χ2n) is 8.50. The number of amides is 1. The number of benzene rings is 2. The van der Waals surface area contributed by atoms with E-state index in [2.05, 4.69) is 10.3 Å². The molecule has 9 heteroatoms. The molecular formula is C25H29N3O4S2. The van der Waals surface area contributed by atoms with Gasteiger partial charge in [-0.2, -0.15) is 4.31 Å². The zero-order valence-corrected chi connectivity index (χ0v) is 21.0. The Morgan fingerprint density at radius 3 is 2.56 bits per heavy atom. The second kappa shape index (κ2) is 10.7. The monoisotopic (exact) mass is 499 g/mol. The van der Waals surface area contributed by atoms with Crippen LogP contribution in [-0.2, 0) is 27.8 Å². The Balaban J connectivity index is 1.37. The third kappa shape index (κ3) is 6.02. The van der Waals surface area contributed by atoms with Crippen molar-refractivity contribution in [2.45, 2.75) is 51.0 Å². The first-order valence-electron chi connectivity index (χ1n) is 11.3. The molecule has 1 aliphatic rings. The molecule has 0 aliphatic carbocycles. The molecule has 34 heavy (non-hydrogen) atoms. The van der Waals surface area contributed by atoms with Gasteiger partial charge in [-0.1, -0.05) is 30.2 Å². The molecular weight excluding hydrogens is 470 g/mol. The summed E-state index contributed by atoms with van der Waals surface area (Å²) in [5.41, 5.74) is 2.95. The van der Waals surface area contributed by atoms with Crippen molar-refractivity contribution >= 4 is 33.0 Å². The van der Waals surface area contributed by atoms with E-state index in [1.165, 1.54) is 16.9 Å². The lowest BCUT2D eigenvalue weighted by atomic mass is 10.2. The zero-order chi connectivity index (χ0) is 24.1. The normalized spacial score (nSPS) is 14.6. The van der Waals surface area contributed by atoms with Crippen molar-refractivity contribution in [2.24, 2.45) is 0 Å². The van der Waals surface area contributed by atoms with E-state index in [4.69, 9.17) is 4.74 Å². The van der Waals surface area contributed by atoms with Crippen LogP contribution >= 0.6 is 11.3 Å². The van der Waals surface area contributed by atoms with Gasteiger partial charge in [-0.15, -0.1) is 11.3 Å². The van der Waals surface area contributed by atoms with Gasteiger partial charge in [0.2, 0.25) is 15.9 Å².